The number of hydrogen-bond donors (Lipinski definition) is 0. The van der Waals surface area contributed by atoms with Gasteiger partial charge >= 0.3 is 6.09 Å². The van der Waals surface area contributed by atoms with Gasteiger partial charge in [-0.05, 0) is 59.6 Å². The highest BCUT2D eigenvalue weighted by Crippen LogP contribution is 2.21. The smallest absolute Gasteiger partial charge is 0.410 e. The lowest BCUT2D eigenvalue weighted by Gasteiger charge is -2.28. The predicted octanol–water partition coefficient (Wildman–Crippen LogP) is 4.44. The van der Waals surface area contributed by atoms with Gasteiger partial charge in [-0.3, -0.25) is 0 Å². The average Bonchev–Trinajstić information content (AvgIpc) is 2.85. The Labute approximate surface area is 134 Å². The van der Waals surface area contributed by atoms with Gasteiger partial charge in [0.2, 0.25) is 0 Å². The second-order valence-electron chi connectivity index (χ2n) is 6.80. The van der Waals surface area contributed by atoms with Crippen molar-refractivity contribution in [2.45, 2.75) is 59.1 Å². The van der Waals surface area contributed by atoms with Crippen molar-refractivity contribution in [3.05, 3.63) is 36.1 Å². The number of hydrogen-bond acceptors (Lipinski definition) is 3. The summed E-state index contributed by atoms with van der Waals surface area (Å²) in [4.78, 5) is 14.0. The largest absolute Gasteiger partial charge is 0.491 e. The Morgan fingerprint density at radius 3 is 2.55 bits per heavy atom. The second-order valence-corrected chi connectivity index (χ2v) is 6.80. The molecule has 0 aliphatic carbocycles. The number of nitrogens with zero attached hydrogens (tertiary/aromatic N) is 1. The highest BCUT2D eigenvalue weighted by atomic mass is 16.6. The highest BCUT2D eigenvalue weighted by Gasteiger charge is 2.32. The van der Waals surface area contributed by atoms with Gasteiger partial charge in [-0.2, -0.15) is 0 Å². The number of carbonyl (C=O) groups is 1. The van der Waals surface area contributed by atoms with E-state index >= 15 is 0 Å². The second kappa shape index (κ2) is 8.06. The molecular weight excluding hydrogens is 278 g/mol. The summed E-state index contributed by atoms with van der Waals surface area (Å²) in [7, 11) is 0. The van der Waals surface area contributed by atoms with E-state index in [1.165, 1.54) is 5.57 Å². The number of ether oxygens (including phenoxy) is 2. The van der Waals surface area contributed by atoms with Gasteiger partial charge in [0.15, 0.2) is 0 Å². The Morgan fingerprint density at radius 2 is 2.00 bits per heavy atom. The van der Waals surface area contributed by atoms with Crippen molar-refractivity contribution in [2.24, 2.45) is 0 Å². The third kappa shape index (κ3) is 6.37. The Bertz CT molecular complexity index is 453. The van der Waals surface area contributed by atoms with Crippen LogP contribution in [0.4, 0.5) is 4.79 Å². The average molecular weight is 307 g/mol. The summed E-state index contributed by atoms with van der Waals surface area (Å²) in [5.74, 6) is 0.720. The van der Waals surface area contributed by atoms with Crippen LogP contribution in [0.2, 0.25) is 0 Å². The van der Waals surface area contributed by atoms with E-state index in [9.17, 15) is 4.79 Å². The van der Waals surface area contributed by atoms with Gasteiger partial charge < -0.3 is 14.4 Å². The molecule has 1 aliphatic rings. The van der Waals surface area contributed by atoms with Crippen LogP contribution >= 0.6 is 0 Å². The van der Waals surface area contributed by atoms with Crippen LogP contribution in [0.1, 0.15) is 47.5 Å². The Balaban J connectivity index is 2.60. The van der Waals surface area contributed by atoms with Crippen LogP contribution < -0.4 is 0 Å². The lowest BCUT2D eigenvalue weighted by atomic mass is 10.2. The van der Waals surface area contributed by atoms with E-state index in [-0.39, 0.29) is 12.1 Å². The molecule has 4 nitrogen and oxygen atoms in total. The minimum absolute atomic E-state index is 0.0601. The number of rotatable bonds is 5. The topological polar surface area (TPSA) is 38.8 Å². The summed E-state index contributed by atoms with van der Waals surface area (Å²) in [6, 6.07) is 0.0601. The fourth-order valence-corrected chi connectivity index (χ4v) is 2.19. The third-order valence-electron chi connectivity index (χ3n) is 3.23. The van der Waals surface area contributed by atoms with Gasteiger partial charge in [-0.15, -0.1) is 0 Å². The minimum Gasteiger partial charge on any atom is -0.491 e. The van der Waals surface area contributed by atoms with Crippen LogP contribution in [0.15, 0.2) is 36.1 Å². The molecule has 0 saturated carbocycles. The molecule has 1 amide bonds. The standard InChI is InChI=1S/C18H29NO3/c1-7-16(11-10-14(2)3)21-13-15-9-8-12-19(15)17(20)22-18(4,5)6/h7,10-11,15H,1,8-9,12-13H2,2-6H3/b16-11+. The van der Waals surface area contributed by atoms with E-state index < -0.39 is 5.60 Å². The van der Waals surface area contributed by atoms with Gasteiger partial charge in [0, 0.05) is 6.54 Å². The highest BCUT2D eigenvalue weighted by molar-refractivity contribution is 5.68. The van der Waals surface area contributed by atoms with E-state index in [2.05, 4.69) is 6.58 Å². The molecule has 0 aromatic rings. The molecule has 1 atom stereocenters. The molecule has 1 heterocycles. The first-order chi connectivity index (χ1) is 10.2. The van der Waals surface area contributed by atoms with E-state index in [1.54, 1.807) is 11.0 Å². The van der Waals surface area contributed by atoms with E-state index in [4.69, 9.17) is 9.47 Å². The van der Waals surface area contributed by atoms with Gasteiger partial charge in [0.05, 0.1) is 6.04 Å². The summed E-state index contributed by atoms with van der Waals surface area (Å²) >= 11 is 0. The molecule has 0 N–H and O–H groups in total. The molecule has 0 bridgehead atoms. The van der Waals surface area contributed by atoms with Crippen molar-refractivity contribution in [1.82, 2.24) is 4.90 Å². The fourth-order valence-electron chi connectivity index (χ4n) is 2.19. The molecule has 0 aromatic carbocycles. The lowest BCUT2D eigenvalue weighted by molar-refractivity contribution is 0.0160. The van der Waals surface area contributed by atoms with Crippen molar-refractivity contribution in [3.63, 3.8) is 0 Å². The normalized spacial score (nSPS) is 18.9. The van der Waals surface area contributed by atoms with Crippen LogP contribution in [-0.2, 0) is 9.47 Å². The molecule has 0 spiro atoms. The van der Waals surface area contributed by atoms with E-state index in [0.717, 1.165) is 25.1 Å². The van der Waals surface area contributed by atoms with Crippen molar-refractivity contribution in [1.29, 1.82) is 0 Å². The maximum atomic E-state index is 12.2. The van der Waals surface area contributed by atoms with E-state index in [0.29, 0.717) is 6.61 Å². The van der Waals surface area contributed by atoms with Gasteiger partial charge in [0.1, 0.15) is 18.0 Å². The number of amides is 1. The lowest BCUT2D eigenvalue weighted by Crippen LogP contribution is -2.41. The third-order valence-corrected chi connectivity index (χ3v) is 3.23. The van der Waals surface area contributed by atoms with Crippen LogP contribution in [0.3, 0.4) is 0 Å². The van der Waals surface area contributed by atoms with Crippen molar-refractivity contribution in [3.8, 4) is 0 Å². The molecule has 124 valence electrons. The molecule has 22 heavy (non-hydrogen) atoms. The summed E-state index contributed by atoms with van der Waals surface area (Å²) in [5.41, 5.74) is 0.722. The molecular formula is C18H29NO3. The SMILES string of the molecule is C=C/C(=C\C=C(C)C)OCC1CCCN1C(=O)OC(C)(C)C. The van der Waals surface area contributed by atoms with Crippen molar-refractivity contribution >= 4 is 6.09 Å². The van der Waals surface area contributed by atoms with Crippen LogP contribution in [0.5, 0.6) is 0 Å². The summed E-state index contributed by atoms with van der Waals surface area (Å²) in [5, 5.41) is 0. The molecule has 0 aromatic heterocycles. The Kier molecular flexibility index (Phi) is 6.72. The Morgan fingerprint density at radius 1 is 1.32 bits per heavy atom. The first-order valence-electron chi connectivity index (χ1n) is 7.83. The summed E-state index contributed by atoms with van der Waals surface area (Å²) < 4.78 is 11.2. The number of carbonyl (C=O) groups excluding carboxylic acids is 1. The monoisotopic (exact) mass is 307 g/mol. The zero-order chi connectivity index (χ0) is 16.8. The first-order valence-corrected chi connectivity index (χ1v) is 7.83. The van der Waals surface area contributed by atoms with Gasteiger partial charge in [0.25, 0.3) is 0 Å². The van der Waals surface area contributed by atoms with Gasteiger partial charge in [-0.25, -0.2) is 4.79 Å². The maximum Gasteiger partial charge on any atom is 0.410 e. The molecule has 1 saturated heterocycles. The van der Waals surface area contributed by atoms with Crippen LogP contribution in [-0.4, -0.2) is 35.8 Å². The van der Waals surface area contributed by atoms with Crippen LogP contribution in [0, 0.1) is 0 Å². The molecule has 0 radical (unpaired) electrons. The maximum absolute atomic E-state index is 12.2. The van der Waals surface area contributed by atoms with Gasteiger partial charge in [-0.1, -0.05) is 18.2 Å². The van der Waals surface area contributed by atoms with E-state index in [1.807, 2.05) is 46.8 Å². The molecule has 1 unspecified atom stereocenters. The first kappa shape index (κ1) is 18.3. The predicted molar refractivity (Wildman–Crippen MR) is 89.6 cm³/mol. The summed E-state index contributed by atoms with van der Waals surface area (Å²) in [6.45, 7) is 14.6. The van der Waals surface area contributed by atoms with Crippen molar-refractivity contribution in [2.75, 3.05) is 13.2 Å². The fraction of sp³-hybridized carbons (Fsp3) is 0.611. The zero-order valence-corrected chi connectivity index (χ0v) is 14.5. The molecule has 1 aliphatic heterocycles. The minimum atomic E-state index is -0.472. The number of likely N-dealkylation sites (tertiary alicyclic amines) is 1. The molecule has 4 heteroatoms. The van der Waals surface area contributed by atoms with Crippen LogP contribution in [0.25, 0.3) is 0 Å². The Hall–Kier alpha value is -1.71. The summed E-state index contributed by atoms with van der Waals surface area (Å²) in [6.07, 6.45) is 7.23. The number of allylic oxidation sites excluding steroid dienone is 4. The molecule has 1 rings (SSSR count). The van der Waals surface area contributed by atoms with Crippen molar-refractivity contribution < 1.29 is 14.3 Å². The zero-order valence-electron chi connectivity index (χ0n) is 14.5. The quantitative estimate of drug-likeness (QED) is 0.557. The molecule has 1 fully saturated rings.